The molecule has 1 atom stereocenters. The molecule has 1 unspecified atom stereocenters. The van der Waals surface area contributed by atoms with E-state index in [2.05, 4.69) is 27.7 Å². The summed E-state index contributed by atoms with van der Waals surface area (Å²) >= 11 is 0. The summed E-state index contributed by atoms with van der Waals surface area (Å²) in [5, 5.41) is 6.23. The number of para-hydroxylation sites is 1. The molecular weight excluding hydrogens is 309 g/mol. The number of benzene rings is 1. The summed E-state index contributed by atoms with van der Waals surface area (Å²) in [5.74, 6) is 0.795. The van der Waals surface area contributed by atoms with Crippen LogP contribution in [0.3, 0.4) is 0 Å². The van der Waals surface area contributed by atoms with E-state index in [1.807, 2.05) is 32.2 Å². The average Bonchev–Trinajstić information content (AvgIpc) is 2.37. The van der Waals surface area contributed by atoms with Gasteiger partial charge in [-0.3, -0.25) is 4.79 Å². The highest BCUT2D eigenvalue weighted by Gasteiger charge is 2.28. The zero-order valence-corrected chi connectivity index (χ0v) is 14.2. The van der Waals surface area contributed by atoms with E-state index in [4.69, 9.17) is 0 Å². The molecule has 6 heteroatoms. The largest absolute Gasteiger partial charge is 0.373 e. The van der Waals surface area contributed by atoms with Crippen LogP contribution in [0.5, 0.6) is 0 Å². The van der Waals surface area contributed by atoms with Crippen LogP contribution >= 0.6 is 24.8 Å². The van der Waals surface area contributed by atoms with E-state index in [9.17, 15) is 4.79 Å². The zero-order valence-electron chi connectivity index (χ0n) is 12.5. The van der Waals surface area contributed by atoms with Crippen molar-refractivity contribution < 1.29 is 4.79 Å². The van der Waals surface area contributed by atoms with Gasteiger partial charge in [-0.1, -0.05) is 25.1 Å². The van der Waals surface area contributed by atoms with E-state index in [1.165, 1.54) is 5.69 Å². The topological polar surface area (TPSA) is 44.4 Å². The number of carbonyl (C=O) groups excluding carboxylic acids is 1. The molecule has 120 valence electrons. The molecule has 0 bridgehead atoms. The van der Waals surface area contributed by atoms with E-state index in [0.29, 0.717) is 12.5 Å². The van der Waals surface area contributed by atoms with Crippen LogP contribution in [0.15, 0.2) is 30.3 Å². The molecule has 1 aromatic rings. The van der Waals surface area contributed by atoms with Gasteiger partial charge in [0.1, 0.15) is 0 Å². The van der Waals surface area contributed by atoms with Crippen molar-refractivity contribution in [2.24, 2.45) is 11.8 Å². The average molecular weight is 334 g/mol. The van der Waals surface area contributed by atoms with Gasteiger partial charge in [0, 0.05) is 31.7 Å². The lowest BCUT2D eigenvalue weighted by Crippen LogP contribution is -2.50. The molecule has 1 aromatic carbocycles. The van der Waals surface area contributed by atoms with Crippen LogP contribution in [0.25, 0.3) is 0 Å². The quantitative estimate of drug-likeness (QED) is 0.836. The van der Waals surface area contributed by atoms with Crippen LogP contribution < -0.4 is 15.5 Å². The van der Waals surface area contributed by atoms with Crippen LogP contribution in [0.1, 0.15) is 6.92 Å². The van der Waals surface area contributed by atoms with Gasteiger partial charge in [-0.15, -0.1) is 24.8 Å². The molecule has 0 spiro atoms. The van der Waals surface area contributed by atoms with Crippen molar-refractivity contribution in [3.63, 3.8) is 0 Å². The van der Waals surface area contributed by atoms with Gasteiger partial charge in [-0.25, -0.2) is 0 Å². The van der Waals surface area contributed by atoms with Crippen LogP contribution in [0, 0.1) is 11.8 Å². The molecule has 0 saturated carbocycles. The van der Waals surface area contributed by atoms with E-state index < -0.39 is 0 Å². The SMILES string of the molecule is CC(C(=O)NCCN(C)c1ccccc1)C1CNC1.Cl.Cl. The number of halogens is 2. The minimum atomic E-state index is 0. The number of nitrogens with one attached hydrogen (secondary N) is 2. The van der Waals surface area contributed by atoms with Crippen LogP contribution in [0.4, 0.5) is 5.69 Å². The fourth-order valence-corrected chi connectivity index (χ4v) is 2.20. The summed E-state index contributed by atoms with van der Waals surface area (Å²) in [7, 11) is 2.04. The molecule has 0 aromatic heterocycles. The first kappa shape index (κ1) is 20.0. The molecule has 1 aliphatic rings. The van der Waals surface area contributed by atoms with Gasteiger partial charge in [0.25, 0.3) is 0 Å². The summed E-state index contributed by atoms with van der Waals surface area (Å²) in [6, 6.07) is 10.2. The Kier molecular flexibility index (Phi) is 9.42. The molecule has 1 fully saturated rings. The normalized spacial score (nSPS) is 15.0. The third-order valence-corrected chi connectivity index (χ3v) is 3.88. The number of amides is 1. The molecule has 21 heavy (non-hydrogen) atoms. The maximum absolute atomic E-state index is 11.9. The van der Waals surface area contributed by atoms with Crippen LogP contribution in [-0.4, -0.2) is 39.1 Å². The minimum absolute atomic E-state index is 0. The lowest BCUT2D eigenvalue weighted by molar-refractivity contribution is -0.126. The van der Waals surface area contributed by atoms with E-state index in [0.717, 1.165) is 19.6 Å². The van der Waals surface area contributed by atoms with Gasteiger partial charge in [-0.2, -0.15) is 0 Å². The third-order valence-electron chi connectivity index (χ3n) is 3.88. The predicted molar refractivity (Wildman–Crippen MR) is 92.7 cm³/mol. The van der Waals surface area contributed by atoms with Crippen LogP contribution in [0.2, 0.25) is 0 Å². The second-order valence-corrected chi connectivity index (χ2v) is 5.26. The Bertz CT molecular complexity index is 413. The van der Waals surface area contributed by atoms with Crippen molar-refractivity contribution >= 4 is 36.4 Å². The summed E-state index contributed by atoms with van der Waals surface area (Å²) in [6.07, 6.45) is 0. The molecule has 4 nitrogen and oxygen atoms in total. The Balaban J connectivity index is 0.00000200. The monoisotopic (exact) mass is 333 g/mol. The maximum Gasteiger partial charge on any atom is 0.223 e. The van der Waals surface area contributed by atoms with Crippen molar-refractivity contribution in [1.29, 1.82) is 0 Å². The van der Waals surface area contributed by atoms with Crippen molar-refractivity contribution in [3.8, 4) is 0 Å². The smallest absolute Gasteiger partial charge is 0.223 e. The van der Waals surface area contributed by atoms with Gasteiger partial charge in [0.2, 0.25) is 5.91 Å². The lowest BCUT2D eigenvalue weighted by Gasteiger charge is -2.31. The highest BCUT2D eigenvalue weighted by molar-refractivity contribution is 5.85. The summed E-state index contributed by atoms with van der Waals surface area (Å²) in [4.78, 5) is 14.1. The highest BCUT2D eigenvalue weighted by atomic mass is 35.5. The molecule has 1 amide bonds. The number of anilines is 1. The van der Waals surface area contributed by atoms with Gasteiger partial charge >= 0.3 is 0 Å². The maximum atomic E-state index is 11.9. The summed E-state index contributed by atoms with van der Waals surface area (Å²) in [6.45, 7) is 5.47. The number of rotatable bonds is 6. The number of hydrogen-bond acceptors (Lipinski definition) is 3. The summed E-state index contributed by atoms with van der Waals surface area (Å²) < 4.78 is 0. The molecule has 1 aliphatic heterocycles. The first-order valence-electron chi connectivity index (χ1n) is 6.93. The standard InChI is InChI=1S/C15H23N3O.2ClH/c1-12(13-10-16-11-13)15(19)17-8-9-18(2)14-6-4-3-5-7-14;;/h3-7,12-13,16H,8-11H2,1-2H3,(H,17,19);2*1H. The highest BCUT2D eigenvalue weighted by Crippen LogP contribution is 2.15. The van der Waals surface area contributed by atoms with E-state index in [1.54, 1.807) is 0 Å². The molecule has 1 heterocycles. The number of nitrogens with zero attached hydrogens (tertiary/aromatic N) is 1. The second-order valence-electron chi connectivity index (χ2n) is 5.26. The zero-order chi connectivity index (χ0) is 13.7. The Hall–Kier alpha value is -0.970. The van der Waals surface area contributed by atoms with Gasteiger partial charge in [0.05, 0.1) is 0 Å². The number of hydrogen-bond donors (Lipinski definition) is 2. The fourth-order valence-electron chi connectivity index (χ4n) is 2.20. The Morgan fingerprint density at radius 2 is 1.95 bits per heavy atom. The van der Waals surface area contributed by atoms with Crippen LogP contribution in [-0.2, 0) is 4.79 Å². The minimum Gasteiger partial charge on any atom is -0.373 e. The van der Waals surface area contributed by atoms with Crippen molar-refractivity contribution in [2.45, 2.75) is 6.92 Å². The van der Waals surface area contributed by atoms with Gasteiger partial charge in [-0.05, 0) is 31.1 Å². The van der Waals surface area contributed by atoms with Gasteiger partial charge < -0.3 is 15.5 Å². The molecule has 0 aliphatic carbocycles. The molecule has 2 rings (SSSR count). The first-order chi connectivity index (χ1) is 9.18. The Labute approximate surface area is 139 Å². The Morgan fingerprint density at radius 3 is 2.48 bits per heavy atom. The van der Waals surface area contributed by atoms with Gasteiger partial charge in [0.15, 0.2) is 0 Å². The molecule has 0 radical (unpaired) electrons. The van der Waals surface area contributed by atoms with Crippen molar-refractivity contribution in [1.82, 2.24) is 10.6 Å². The first-order valence-corrected chi connectivity index (χ1v) is 6.93. The lowest BCUT2D eigenvalue weighted by atomic mass is 9.88. The molecule has 2 N–H and O–H groups in total. The fraction of sp³-hybridized carbons (Fsp3) is 0.533. The van der Waals surface area contributed by atoms with Crippen molar-refractivity contribution in [2.75, 3.05) is 38.1 Å². The third kappa shape index (κ3) is 5.73. The summed E-state index contributed by atoms with van der Waals surface area (Å²) in [5.41, 5.74) is 1.17. The number of likely N-dealkylation sites (N-methyl/N-ethyl adjacent to an activating group) is 1. The Morgan fingerprint density at radius 1 is 1.33 bits per heavy atom. The molecule has 1 saturated heterocycles. The van der Waals surface area contributed by atoms with E-state index in [-0.39, 0.29) is 36.6 Å². The predicted octanol–water partition coefficient (Wildman–Crippen LogP) is 1.94. The number of carbonyl (C=O) groups is 1. The van der Waals surface area contributed by atoms with Crippen molar-refractivity contribution in [3.05, 3.63) is 30.3 Å². The second kappa shape index (κ2) is 9.87. The van der Waals surface area contributed by atoms with E-state index >= 15 is 0 Å². The molecular formula is C15H25Cl2N3O.